The first kappa shape index (κ1) is 16.6. The number of nitrogens with zero attached hydrogens (tertiary/aromatic N) is 1. The molecule has 2 aliphatic heterocycles. The summed E-state index contributed by atoms with van der Waals surface area (Å²) in [6, 6.07) is 4.40. The zero-order chi connectivity index (χ0) is 18.4. The number of carbonyl (C=O) groups is 5. The highest BCUT2D eigenvalue weighted by molar-refractivity contribution is 6.24. The second-order valence-corrected chi connectivity index (χ2v) is 6.14. The number of rotatable bonds is 3. The summed E-state index contributed by atoms with van der Waals surface area (Å²) in [6.07, 6.45) is -1.12. The Bertz CT molecular complexity index is 833. The number of nitrogens with one attached hydrogen (secondary N) is 2. The molecule has 0 saturated carbocycles. The fourth-order valence-corrected chi connectivity index (χ4v) is 3.03. The number of carbonyl (C=O) groups excluding carboxylic acids is 4. The predicted octanol–water partition coefficient (Wildman–Crippen LogP) is 0.246. The molecule has 3 N–H and O–H groups in total. The van der Waals surface area contributed by atoms with Crippen LogP contribution < -0.4 is 10.6 Å². The van der Waals surface area contributed by atoms with Crippen molar-refractivity contribution >= 4 is 29.7 Å². The number of hydrogen-bond acceptors (Lipinski definition) is 5. The van der Waals surface area contributed by atoms with Crippen molar-refractivity contribution in [1.82, 2.24) is 15.5 Å². The van der Waals surface area contributed by atoms with Crippen LogP contribution in [0.4, 0.5) is 4.79 Å². The van der Waals surface area contributed by atoms with Gasteiger partial charge in [-0.1, -0.05) is 6.07 Å². The number of benzene rings is 1. The van der Waals surface area contributed by atoms with Gasteiger partial charge in [-0.15, -0.1) is 0 Å². The third-order valence-electron chi connectivity index (χ3n) is 4.47. The first-order valence-corrected chi connectivity index (χ1v) is 7.57. The van der Waals surface area contributed by atoms with Crippen molar-refractivity contribution in [1.29, 1.82) is 0 Å². The molecule has 0 spiro atoms. The van der Waals surface area contributed by atoms with Crippen LogP contribution in [0.25, 0.3) is 0 Å². The molecule has 25 heavy (non-hydrogen) atoms. The van der Waals surface area contributed by atoms with Crippen LogP contribution in [-0.2, 0) is 16.1 Å². The first-order chi connectivity index (χ1) is 11.7. The molecule has 0 aliphatic carbocycles. The summed E-state index contributed by atoms with van der Waals surface area (Å²) in [5.74, 6) is -2.37. The van der Waals surface area contributed by atoms with E-state index in [9.17, 15) is 24.0 Å². The van der Waals surface area contributed by atoms with Gasteiger partial charge in [0.1, 0.15) is 5.54 Å². The third kappa shape index (κ3) is 2.63. The molecule has 9 nitrogen and oxygen atoms in total. The molecular weight excluding hydrogens is 330 g/mol. The normalized spacial score (nSPS) is 22.7. The van der Waals surface area contributed by atoms with Gasteiger partial charge in [-0.05, 0) is 31.0 Å². The number of fused-ring (bicyclic) bond motifs is 1. The van der Waals surface area contributed by atoms with Crippen LogP contribution in [0.5, 0.6) is 0 Å². The number of carboxylic acid groups (broad SMARTS) is 1. The molecule has 1 fully saturated rings. The Morgan fingerprint density at radius 1 is 1.24 bits per heavy atom. The summed E-state index contributed by atoms with van der Waals surface area (Å²) in [5.41, 5.74) is -0.672. The zero-order valence-corrected chi connectivity index (χ0v) is 13.3. The highest BCUT2D eigenvalue weighted by Gasteiger charge is 2.52. The zero-order valence-electron chi connectivity index (χ0n) is 13.3. The number of hydrogen-bond donors (Lipinski definition) is 3. The maximum absolute atomic E-state index is 12.7. The lowest BCUT2D eigenvalue weighted by Crippen LogP contribution is -2.62. The molecule has 1 saturated heterocycles. The summed E-state index contributed by atoms with van der Waals surface area (Å²) in [7, 11) is 0. The van der Waals surface area contributed by atoms with E-state index < -0.39 is 35.3 Å². The van der Waals surface area contributed by atoms with Crippen LogP contribution in [-0.4, -0.2) is 45.3 Å². The Kier molecular flexibility index (Phi) is 3.78. The molecular formula is C16H15N3O6. The van der Waals surface area contributed by atoms with Crippen molar-refractivity contribution in [2.24, 2.45) is 0 Å². The van der Waals surface area contributed by atoms with Crippen molar-refractivity contribution in [3.63, 3.8) is 0 Å². The maximum atomic E-state index is 12.7. The number of imide groups is 2. The van der Waals surface area contributed by atoms with Gasteiger partial charge in [-0.2, -0.15) is 0 Å². The molecule has 2 heterocycles. The Morgan fingerprint density at radius 2 is 1.92 bits per heavy atom. The van der Waals surface area contributed by atoms with E-state index in [4.69, 9.17) is 5.11 Å². The van der Waals surface area contributed by atoms with Crippen LogP contribution >= 0.6 is 0 Å². The van der Waals surface area contributed by atoms with Crippen LogP contribution in [0.3, 0.4) is 0 Å². The minimum Gasteiger partial charge on any atom is -0.465 e. The molecule has 0 bridgehead atoms. The minimum atomic E-state index is -1.44. The van der Waals surface area contributed by atoms with Gasteiger partial charge in [0.25, 0.3) is 17.7 Å². The topological polar surface area (TPSA) is 133 Å². The Hall–Kier alpha value is -3.23. The molecule has 0 aromatic heterocycles. The second-order valence-electron chi connectivity index (χ2n) is 6.14. The van der Waals surface area contributed by atoms with E-state index in [2.05, 4.69) is 10.6 Å². The summed E-state index contributed by atoms with van der Waals surface area (Å²) in [5, 5.41) is 13.0. The van der Waals surface area contributed by atoms with Crippen molar-refractivity contribution < 1.29 is 29.1 Å². The van der Waals surface area contributed by atoms with E-state index in [1.807, 2.05) is 0 Å². The molecule has 130 valence electrons. The van der Waals surface area contributed by atoms with Crippen LogP contribution in [0.1, 0.15) is 46.0 Å². The quantitative estimate of drug-likeness (QED) is 0.672. The van der Waals surface area contributed by atoms with Gasteiger partial charge < -0.3 is 10.4 Å². The first-order valence-electron chi connectivity index (χ1n) is 7.57. The number of amides is 5. The molecule has 3 rings (SSSR count). The molecule has 1 aromatic rings. The lowest BCUT2D eigenvalue weighted by Gasteiger charge is -2.38. The standard InChI is InChI=1S/C16H15N3O6/c1-16(5-4-11(20)18-14(16)23)19-12(21)9-3-2-8(7-17-15(24)25)6-10(9)13(19)22/h2-3,6,17H,4-5,7H2,1H3,(H,24,25)(H,18,20,23)/t16-/m0/s1. The van der Waals surface area contributed by atoms with Gasteiger partial charge in [0.05, 0.1) is 11.1 Å². The third-order valence-corrected chi connectivity index (χ3v) is 4.47. The lowest BCUT2D eigenvalue weighted by molar-refractivity contribution is -0.140. The Balaban J connectivity index is 1.93. The van der Waals surface area contributed by atoms with E-state index in [0.29, 0.717) is 5.56 Å². The van der Waals surface area contributed by atoms with Crippen molar-refractivity contribution in [2.45, 2.75) is 31.8 Å². The molecule has 0 radical (unpaired) electrons. The largest absolute Gasteiger partial charge is 0.465 e. The smallest absolute Gasteiger partial charge is 0.404 e. The van der Waals surface area contributed by atoms with Crippen LogP contribution in [0.15, 0.2) is 18.2 Å². The Labute approximate surface area is 142 Å². The number of piperidine rings is 1. The summed E-state index contributed by atoms with van der Waals surface area (Å²) >= 11 is 0. The summed E-state index contributed by atoms with van der Waals surface area (Å²) in [4.78, 5) is 60.4. The minimum absolute atomic E-state index is 0.0175. The van der Waals surface area contributed by atoms with Gasteiger partial charge in [0.2, 0.25) is 5.91 Å². The predicted molar refractivity (Wildman–Crippen MR) is 82.6 cm³/mol. The average molecular weight is 345 g/mol. The molecule has 1 aromatic carbocycles. The van der Waals surface area contributed by atoms with E-state index in [1.54, 1.807) is 0 Å². The van der Waals surface area contributed by atoms with Gasteiger partial charge in [0.15, 0.2) is 0 Å². The van der Waals surface area contributed by atoms with E-state index >= 15 is 0 Å². The van der Waals surface area contributed by atoms with E-state index in [1.165, 1.54) is 25.1 Å². The molecule has 1 atom stereocenters. The van der Waals surface area contributed by atoms with Crippen molar-refractivity contribution in [2.75, 3.05) is 0 Å². The fourth-order valence-electron chi connectivity index (χ4n) is 3.03. The van der Waals surface area contributed by atoms with Crippen molar-refractivity contribution in [3.8, 4) is 0 Å². The lowest BCUT2D eigenvalue weighted by atomic mass is 9.89. The fraction of sp³-hybridized carbons (Fsp3) is 0.312. The SMILES string of the molecule is C[C@]1(N2C(=O)c3ccc(CNC(=O)O)cc3C2=O)CCC(=O)NC1=O. The van der Waals surface area contributed by atoms with Gasteiger partial charge in [0, 0.05) is 13.0 Å². The van der Waals surface area contributed by atoms with Gasteiger partial charge >= 0.3 is 6.09 Å². The summed E-state index contributed by atoms with van der Waals surface area (Å²) in [6.45, 7) is 1.43. The molecule has 5 amide bonds. The van der Waals surface area contributed by atoms with E-state index in [-0.39, 0.29) is 30.5 Å². The highest BCUT2D eigenvalue weighted by atomic mass is 16.4. The van der Waals surface area contributed by atoms with Crippen LogP contribution in [0, 0.1) is 0 Å². The molecule has 0 unspecified atom stereocenters. The molecule has 9 heteroatoms. The Morgan fingerprint density at radius 3 is 2.56 bits per heavy atom. The monoisotopic (exact) mass is 345 g/mol. The van der Waals surface area contributed by atoms with E-state index in [0.717, 1.165) is 4.90 Å². The maximum Gasteiger partial charge on any atom is 0.404 e. The summed E-state index contributed by atoms with van der Waals surface area (Å²) < 4.78 is 0. The second kappa shape index (κ2) is 5.69. The highest BCUT2D eigenvalue weighted by Crippen LogP contribution is 2.34. The van der Waals surface area contributed by atoms with Gasteiger partial charge in [-0.25, -0.2) is 4.79 Å². The van der Waals surface area contributed by atoms with Crippen molar-refractivity contribution in [3.05, 3.63) is 34.9 Å². The van der Waals surface area contributed by atoms with Gasteiger partial charge in [-0.3, -0.25) is 29.4 Å². The average Bonchev–Trinajstić information content (AvgIpc) is 2.81. The molecule has 2 aliphatic rings. The van der Waals surface area contributed by atoms with Crippen LogP contribution in [0.2, 0.25) is 0 Å².